The van der Waals surface area contributed by atoms with Gasteiger partial charge in [-0.2, -0.15) is 0 Å². The molecule has 0 aliphatic carbocycles. The number of rotatable bonds is 3. The van der Waals surface area contributed by atoms with Crippen LogP contribution in [0, 0.1) is 0 Å². The molecule has 3 rings (SSSR count). The van der Waals surface area contributed by atoms with Crippen molar-refractivity contribution in [3.05, 3.63) is 60.2 Å². The summed E-state index contributed by atoms with van der Waals surface area (Å²) in [5.74, 6) is -1.21. The van der Waals surface area contributed by atoms with E-state index in [-0.39, 0.29) is 19.1 Å². The molecule has 2 aromatic carbocycles. The summed E-state index contributed by atoms with van der Waals surface area (Å²) < 4.78 is 5.14. The quantitative estimate of drug-likeness (QED) is 0.944. The van der Waals surface area contributed by atoms with Gasteiger partial charge in [0, 0.05) is 12.1 Å². The number of amides is 1. The summed E-state index contributed by atoms with van der Waals surface area (Å²) in [6.45, 7) is 0.725. The van der Waals surface area contributed by atoms with Gasteiger partial charge in [0.25, 0.3) is 5.91 Å². The highest BCUT2D eigenvalue weighted by atomic mass is 16.5. The van der Waals surface area contributed by atoms with Gasteiger partial charge in [-0.25, -0.2) is 4.79 Å². The lowest BCUT2D eigenvalue weighted by molar-refractivity contribution is -0.154. The first-order valence-corrected chi connectivity index (χ1v) is 7.44. The number of morpholine rings is 1. The molecule has 1 amide bonds. The Morgan fingerprint density at radius 3 is 2.30 bits per heavy atom. The van der Waals surface area contributed by atoms with Gasteiger partial charge in [-0.3, -0.25) is 4.79 Å². The number of ether oxygens (including phenoxy) is 1. The van der Waals surface area contributed by atoms with Gasteiger partial charge in [-0.1, -0.05) is 42.5 Å². The zero-order valence-electron chi connectivity index (χ0n) is 12.5. The molecule has 1 aliphatic rings. The van der Waals surface area contributed by atoms with E-state index in [0.29, 0.717) is 12.1 Å². The zero-order valence-corrected chi connectivity index (χ0v) is 12.5. The van der Waals surface area contributed by atoms with Crippen LogP contribution in [0.3, 0.4) is 0 Å². The molecule has 1 N–H and O–H groups in total. The van der Waals surface area contributed by atoms with Crippen molar-refractivity contribution >= 4 is 11.9 Å². The minimum atomic E-state index is -1.04. The summed E-state index contributed by atoms with van der Waals surface area (Å²) in [7, 11) is 0. The van der Waals surface area contributed by atoms with E-state index in [4.69, 9.17) is 9.84 Å². The fourth-order valence-electron chi connectivity index (χ4n) is 2.60. The van der Waals surface area contributed by atoms with Crippen molar-refractivity contribution in [2.45, 2.75) is 6.10 Å². The molecule has 0 aromatic heterocycles. The predicted octanol–water partition coefficient (Wildman–Crippen LogP) is 2.28. The second-order valence-corrected chi connectivity index (χ2v) is 5.39. The number of hydrogen-bond acceptors (Lipinski definition) is 3. The molecule has 0 saturated carbocycles. The number of hydrogen-bond donors (Lipinski definition) is 1. The monoisotopic (exact) mass is 311 g/mol. The molecule has 0 bridgehead atoms. The van der Waals surface area contributed by atoms with Crippen molar-refractivity contribution in [2.24, 2.45) is 0 Å². The molecule has 0 spiro atoms. The topological polar surface area (TPSA) is 66.8 Å². The molecule has 1 saturated heterocycles. The van der Waals surface area contributed by atoms with Crippen LogP contribution in [0.1, 0.15) is 10.4 Å². The molecule has 0 unspecified atom stereocenters. The van der Waals surface area contributed by atoms with Crippen molar-refractivity contribution < 1.29 is 19.4 Å². The lowest BCUT2D eigenvalue weighted by Crippen LogP contribution is -2.48. The van der Waals surface area contributed by atoms with E-state index in [1.807, 2.05) is 42.5 Å². The lowest BCUT2D eigenvalue weighted by atomic mass is 10.0. The van der Waals surface area contributed by atoms with Crippen LogP contribution in [0.2, 0.25) is 0 Å². The second-order valence-electron chi connectivity index (χ2n) is 5.39. The average Bonchev–Trinajstić information content (AvgIpc) is 2.62. The number of carbonyl (C=O) groups is 2. The van der Waals surface area contributed by atoms with Crippen molar-refractivity contribution in [3.8, 4) is 11.1 Å². The minimum Gasteiger partial charge on any atom is -0.479 e. The normalized spacial score (nSPS) is 17.7. The first kappa shape index (κ1) is 15.2. The van der Waals surface area contributed by atoms with E-state index < -0.39 is 12.1 Å². The van der Waals surface area contributed by atoms with Crippen LogP contribution in [-0.4, -0.2) is 47.7 Å². The van der Waals surface area contributed by atoms with Crippen molar-refractivity contribution in [1.82, 2.24) is 4.90 Å². The summed E-state index contributed by atoms with van der Waals surface area (Å²) in [5, 5.41) is 9.01. The van der Waals surface area contributed by atoms with E-state index >= 15 is 0 Å². The molecule has 2 aromatic rings. The zero-order chi connectivity index (χ0) is 16.2. The number of carboxylic acid groups (broad SMARTS) is 1. The lowest BCUT2D eigenvalue weighted by Gasteiger charge is -2.30. The first-order valence-electron chi connectivity index (χ1n) is 7.44. The number of aliphatic carboxylic acids is 1. The first-order chi connectivity index (χ1) is 11.1. The van der Waals surface area contributed by atoms with Gasteiger partial charge >= 0.3 is 5.97 Å². The molecule has 1 atom stereocenters. The van der Waals surface area contributed by atoms with Crippen LogP contribution < -0.4 is 0 Å². The molecule has 0 radical (unpaired) electrons. The Kier molecular flexibility index (Phi) is 4.39. The smallest absolute Gasteiger partial charge is 0.334 e. The summed E-state index contributed by atoms with van der Waals surface area (Å²) in [6, 6.07) is 17.3. The van der Waals surface area contributed by atoms with Gasteiger partial charge in [0.05, 0.1) is 13.2 Å². The largest absolute Gasteiger partial charge is 0.479 e. The third-order valence-corrected chi connectivity index (χ3v) is 3.87. The predicted molar refractivity (Wildman–Crippen MR) is 85.2 cm³/mol. The fraction of sp³-hybridized carbons (Fsp3) is 0.222. The number of carbonyl (C=O) groups excluding carboxylic acids is 1. The molecule has 1 heterocycles. The minimum absolute atomic E-state index is 0.0780. The van der Waals surface area contributed by atoms with Crippen LogP contribution in [0.5, 0.6) is 0 Å². The number of benzene rings is 2. The van der Waals surface area contributed by atoms with Gasteiger partial charge in [0.2, 0.25) is 0 Å². The Morgan fingerprint density at radius 1 is 1.00 bits per heavy atom. The Bertz CT molecular complexity index is 697. The Hall–Kier alpha value is -2.66. The highest BCUT2D eigenvalue weighted by Crippen LogP contribution is 2.20. The molecule has 5 heteroatoms. The van der Waals surface area contributed by atoms with E-state index in [9.17, 15) is 9.59 Å². The fourth-order valence-corrected chi connectivity index (χ4v) is 2.60. The molecule has 118 valence electrons. The SMILES string of the molecule is O=C(O)[C@H]1CN(C(=O)c2ccc(-c3ccccc3)cc2)CCO1. The average molecular weight is 311 g/mol. The highest BCUT2D eigenvalue weighted by Gasteiger charge is 2.29. The third kappa shape index (κ3) is 3.40. The molecule has 1 aliphatic heterocycles. The van der Waals surface area contributed by atoms with E-state index in [1.54, 1.807) is 12.1 Å². The van der Waals surface area contributed by atoms with Crippen molar-refractivity contribution in [3.63, 3.8) is 0 Å². The summed E-state index contributed by atoms with van der Waals surface area (Å²) >= 11 is 0. The summed E-state index contributed by atoms with van der Waals surface area (Å²) in [4.78, 5) is 25.0. The molecule has 1 fully saturated rings. The van der Waals surface area contributed by atoms with E-state index in [2.05, 4.69) is 0 Å². The molecular formula is C18H17NO4. The molecule has 5 nitrogen and oxygen atoms in total. The second kappa shape index (κ2) is 6.62. The van der Waals surface area contributed by atoms with Crippen LogP contribution in [-0.2, 0) is 9.53 Å². The van der Waals surface area contributed by atoms with Crippen molar-refractivity contribution in [1.29, 1.82) is 0 Å². The van der Waals surface area contributed by atoms with Gasteiger partial charge in [0.15, 0.2) is 6.10 Å². The summed E-state index contributed by atoms with van der Waals surface area (Å²) in [5.41, 5.74) is 2.67. The maximum Gasteiger partial charge on any atom is 0.334 e. The van der Waals surface area contributed by atoms with Crippen LogP contribution in [0.4, 0.5) is 0 Å². The van der Waals surface area contributed by atoms with Gasteiger partial charge < -0.3 is 14.7 Å². The Labute approximate surface area is 134 Å². The van der Waals surface area contributed by atoms with Crippen LogP contribution in [0.15, 0.2) is 54.6 Å². The Morgan fingerprint density at radius 2 is 1.65 bits per heavy atom. The van der Waals surface area contributed by atoms with Gasteiger partial charge in [-0.05, 0) is 23.3 Å². The van der Waals surface area contributed by atoms with E-state index in [1.165, 1.54) is 4.90 Å². The number of nitrogens with zero attached hydrogens (tertiary/aromatic N) is 1. The summed E-state index contributed by atoms with van der Waals surface area (Å²) in [6.07, 6.45) is -0.948. The van der Waals surface area contributed by atoms with E-state index in [0.717, 1.165) is 11.1 Å². The standard InChI is InChI=1S/C18H17NO4/c20-17(19-10-11-23-16(12-19)18(21)22)15-8-6-14(7-9-15)13-4-2-1-3-5-13/h1-9,16H,10-12H2,(H,21,22)/t16-/m1/s1. The maximum absolute atomic E-state index is 12.5. The molecular weight excluding hydrogens is 294 g/mol. The Balaban J connectivity index is 1.74. The maximum atomic E-state index is 12.5. The third-order valence-electron chi connectivity index (χ3n) is 3.87. The van der Waals surface area contributed by atoms with Gasteiger partial charge in [0.1, 0.15) is 0 Å². The molecule has 23 heavy (non-hydrogen) atoms. The van der Waals surface area contributed by atoms with Gasteiger partial charge in [-0.15, -0.1) is 0 Å². The number of carboxylic acids is 1. The van der Waals surface area contributed by atoms with Crippen molar-refractivity contribution in [2.75, 3.05) is 19.7 Å². The van der Waals surface area contributed by atoms with Crippen LogP contribution >= 0.6 is 0 Å². The van der Waals surface area contributed by atoms with Crippen LogP contribution in [0.25, 0.3) is 11.1 Å². The highest BCUT2D eigenvalue weighted by molar-refractivity contribution is 5.95.